The summed E-state index contributed by atoms with van der Waals surface area (Å²) in [5.41, 5.74) is 0. The molecule has 7 nitrogen and oxygen atoms in total. The Bertz CT molecular complexity index is 341. The fourth-order valence-corrected chi connectivity index (χ4v) is 2.14. The van der Waals surface area contributed by atoms with Gasteiger partial charge in [-0.3, -0.25) is 9.59 Å². The van der Waals surface area contributed by atoms with Crippen molar-refractivity contribution in [2.24, 2.45) is 0 Å². The molecule has 1 aliphatic rings. The Morgan fingerprint density at radius 2 is 1.86 bits per heavy atom. The molecule has 0 aromatic carbocycles. The van der Waals surface area contributed by atoms with Gasteiger partial charge in [0.1, 0.15) is 0 Å². The van der Waals surface area contributed by atoms with Gasteiger partial charge in [0.05, 0.1) is 6.61 Å². The van der Waals surface area contributed by atoms with Crippen molar-refractivity contribution in [1.29, 1.82) is 0 Å². The first kappa shape index (κ1) is 17.3. The molecule has 0 bridgehead atoms. The summed E-state index contributed by atoms with van der Waals surface area (Å²) < 4.78 is 4.84. The Morgan fingerprint density at radius 3 is 2.48 bits per heavy atom. The van der Waals surface area contributed by atoms with Crippen LogP contribution in [0.25, 0.3) is 0 Å². The smallest absolute Gasteiger partial charge is 0.317 e. The number of hydrogen-bond acceptors (Lipinski definition) is 4. The van der Waals surface area contributed by atoms with Gasteiger partial charge in [-0.2, -0.15) is 0 Å². The third-order valence-corrected chi connectivity index (χ3v) is 3.39. The highest BCUT2D eigenvalue weighted by Gasteiger charge is 2.19. The zero-order valence-corrected chi connectivity index (χ0v) is 12.7. The van der Waals surface area contributed by atoms with Crippen LogP contribution in [0.5, 0.6) is 0 Å². The van der Waals surface area contributed by atoms with Crippen molar-refractivity contribution >= 4 is 18.4 Å². The average Bonchev–Trinajstić information content (AvgIpc) is 2.51. The topological polar surface area (TPSA) is 79.0 Å². The molecule has 1 N–H and O–H groups in total. The highest BCUT2D eigenvalue weighted by atomic mass is 16.5. The van der Waals surface area contributed by atoms with Crippen LogP contribution in [0, 0.1) is 0 Å². The van der Waals surface area contributed by atoms with Gasteiger partial charge >= 0.3 is 12.0 Å². The number of nitrogens with zero attached hydrogens (tertiary/aromatic N) is 2. The Kier molecular flexibility index (Phi) is 8.23. The lowest BCUT2D eigenvalue weighted by molar-refractivity contribution is -0.143. The Balaban J connectivity index is 2.01. The zero-order valence-electron chi connectivity index (χ0n) is 12.7. The van der Waals surface area contributed by atoms with Crippen LogP contribution in [0.4, 0.5) is 4.79 Å². The second-order valence-electron chi connectivity index (χ2n) is 4.98. The molecule has 0 spiro atoms. The van der Waals surface area contributed by atoms with Crippen molar-refractivity contribution in [2.75, 3.05) is 39.3 Å². The number of rotatable bonds is 8. The number of esters is 1. The molecule has 0 atom stereocenters. The Hall–Kier alpha value is -1.79. The predicted octanol–water partition coefficient (Wildman–Crippen LogP) is 0.594. The number of carbonyl (C=O) groups excluding carboxylic acids is 3. The van der Waals surface area contributed by atoms with Crippen LogP contribution in [-0.4, -0.2) is 67.5 Å². The van der Waals surface area contributed by atoms with Crippen molar-refractivity contribution in [2.45, 2.75) is 32.6 Å². The van der Waals surface area contributed by atoms with Gasteiger partial charge in [0.15, 0.2) is 0 Å². The van der Waals surface area contributed by atoms with E-state index in [1.807, 2.05) is 0 Å². The lowest BCUT2D eigenvalue weighted by Crippen LogP contribution is -2.51. The molecule has 0 aliphatic carbocycles. The SMILES string of the molecule is CCOC(=O)CCCCCNC(=O)N1CCN(C=O)CC1. The van der Waals surface area contributed by atoms with Gasteiger partial charge in [-0.05, 0) is 19.8 Å². The van der Waals surface area contributed by atoms with Crippen LogP contribution in [0.3, 0.4) is 0 Å². The number of nitrogens with one attached hydrogen (secondary N) is 1. The fraction of sp³-hybridized carbons (Fsp3) is 0.786. The van der Waals surface area contributed by atoms with Crippen LogP contribution in [-0.2, 0) is 14.3 Å². The maximum absolute atomic E-state index is 11.9. The number of urea groups is 1. The molecule has 0 unspecified atom stereocenters. The normalized spacial score (nSPS) is 14.7. The number of carbonyl (C=O) groups is 3. The molecule has 0 saturated carbocycles. The second-order valence-corrected chi connectivity index (χ2v) is 4.98. The highest BCUT2D eigenvalue weighted by Crippen LogP contribution is 2.02. The molecule has 1 aliphatic heterocycles. The van der Waals surface area contributed by atoms with Crippen LogP contribution in [0.2, 0.25) is 0 Å². The van der Waals surface area contributed by atoms with E-state index in [0.717, 1.165) is 25.7 Å². The van der Waals surface area contributed by atoms with E-state index in [-0.39, 0.29) is 12.0 Å². The molecule has 0 radical (unpaired) electrons. The first-order valence-corrected chi connectivity index (χ1v) is 7.55. The standard InChI is InChI=1S/C14H25N3O4/c1-2-21-13(19)6-4-3-5-7-15-14(20)17-10-8-16(12-18)9-11-17/h12H,2-11H2,1H3,(H,15,20). The van der Waals surface area contributed by atoms with Gasteiger partial charge in [-0.15, -0.1) is 0 Å². The summed E-state index contributed by atoms with van der Waals surface area (Å²) in [6.45, 7) is 5.16. The van der Waals surface area contributed by atoms with Crippen LogP contribution < -0.4 is 5.32 Å². The summed E-state index contributed by atoms with van der Waals surface area (Å²) >= 11 is 0. The van der Waals surface area contributed by atoms with Gasteiger partial charge in [0.2, 0.25) is 6.41 Å². The minimum Gasteiger partial charge on any atom is -0.466 e. The third kappa shape index (κ3) is 6.97. The quantitative estimate of drug-likeness (QED) is 0.404. The van der Waals surface area contributed by atoms with E-state index in [1.165, 1.54) is 0 Å². The number of piperazine rings is 1. The monoisotopic (exact) mass is 299 g/mol. The van der Waals surface area contributed by atoms with E-state index in [0.29, 0.717) is 45.8 Å². The van der Waals surface area contributed by atoms with Crippen LogP contribution in [0.15, 0.2) is 0 Å². The summed E-state index contributed by atoms with van der Waals surface area (Å²) in [6, 6.07) is -0.0778. The number of amides is 3. The van der Waals surface area contributed by atoms with Crippen molar-refractivity contribution in [1.82, 2.24) is 15.1 Å². The van der Waals surface area contributed by atoms with E-state index >= 15 is 0 Å². The maximum Gasteiger partial charge on any atom is 0.317 e. The first-order chi connectivity index (χ1) is 10.2. The summed E-state index contributed by atoms with van der Waals surface area (Å²) in [6.07, 6.45) is 3.78. The molecular weight excluding hydrogens is 274 g/mol. The summed E-state index contributed by atoms with van der Waals surface area (Å²) in [5.74, 6) is -0.158. The first-order valence-electron chi connectivity index (χ1n) is 7.55. The molecule has 1 saturated heterocycles. The van der Waals surface area contributed by atoms with Crippen LogP contribution in [0.1, 0.15) is 32.6 Å². The van der Waals surface area contributed by atoms with E-state index in [4.69, 9.17) is 4.74 Å². The lowest BCUT2D eigenvalue weighted by Gasteiger charge is -2.32. The Morgan fingerprint density at radius 1 is 1.14 bits per heavy atom. The minimum absolute atomic E-state index is 0.0778. The minimum atomic E-state index is -0.158. The lowest BCUT2D eigenvalue weighted by atomic mass is 10.2. The van der Waals surface area contributed by atoms with E-state index in [9.17, 15) is 14.4 Å². The van der Waals surface area contributed by atoms with Gasteiger partial charge in [0.25, 0.3) is 0 Å². The van der Waals surface area contributed by atoms with Gasteiger partial charge in [-0.1, -0.05) is 6.42 Å². The molecular formula is C14H25N3O4. The van der Waals surface area contributed by atoms with Gasteiger partial charge in [0, 0.05) is 39.1 Å². The molecule has 21 heavy (non-hydrogen) atoms. The van der Waals surface area contributed by atoms with Gasteiger partial charge < -0.3 is 19.9 Å². The number of unbranched alkanes of at least 4 members (excludes halogenated alkanes) is 2. The van der Waals surface area contributed by atoms with Crippen molar-refractivity contribution in [3.05, 3.63) is 0 Å². The van der Waals surface area contributed by atoms with Crippen molar-refractivity contribution in [3.63, 3.8) is 0 Å². The fourth-order valence-electron chi connectivity index (χ4n) is 2.14. The second kappa shape index (κ2) is 10.0. The third-order valence-electron chi connectivity index (χ3n) is 3.39. The number of ether oxygens (including phenoxy) is 1. The van der Waals surface area contributed by atoms with Crippen molar-refractivity contribution in [3.8, 4) is 0 Å². The van der Waals surface area contributed by atoms with E-state index in [1.54, 1.807) is 16.7 Å². The highest BCUT2D eigenvalue weighted by molar-refractivity contribution is 5.74. The van der Waals surface area contributed by atoms with Gasteiger partial charge in [-0.25, -0.2) is 4.79 Å². The van der Waals surface area contributed by atoms with Crippen molar-refractivity contribution < 1.29 is 19.1 Å². The molecule has 0 aromatic rings. The summed E-state index contributed by atoms with van der Waals surface area (Å²) in [7, 11) is 0. The molecule has 120 valence electrons. The molecule has 1 heterocycles. The Labute approximate surface area is 125 Å². The average molecular weight is 299 g/mol. The molecule has 1 fully saturated rings. The van der Waals surface area contributed by atoms with E-state index < -0.39 is 0 Å². The summed E-state index contributed by atoms with van der Waals surface area (Å²) in [4.78, 5) is 36.9. The summed E-state index contributed by atoms with van der Waals surface area (Å²) in [5, 5.41) is 2.86. The maximum atomic E-state index is 11.9. The van der Waals surface area contributed by atoms with E-state index in [2.05, 4.69) is 5.32 Å². The molecule has 0 aromatic heterocycles. The molecule has 7 heteroatoms. The van der Waals surface area contributed by atoms with Crippen LogP contribution >= 0.6 is 0 Å². The molecule has 1 rings (SSSR count). The molecule has 3 amide bonds. The zero-order chi connectivity index (χ0) is 15.5. The number of hydrogen-bond donors (Lipinski definition) is 1. The predicted molar refractivity (Wildman–Crippen MR) is 77.7 cm³/mol. The largest absolute Gasteiger partial charge is 0.466 e.